The number of ether oxygens (including phenoxy) is 5. The lowest BCUT2D eigenvalue weighted by Gasteiger charge is -2.21. The number of carbonyl (C=O) groups is 2. The Morgan fingerprint density at radius 1 is 0.373 bits per heavy atom. The molecule has 0 radical (unpaired) electrons. The molecule has 0 saturated heterocycles. The standard InChI is InChI=1S/C18H15F5N4O2.C18H16F5N3O2.C17H13F6N3O.C17H15F3N4O2/c19-17(20,18(21,22)23)9-29-14-4-2-1-3-11(14)10-5-6-12-13(7-10)27(8-15(24)28)26-16(12)25;1-26-14-7-10(3-5-12(14)16(24)25-26)13-8-11(27-2)4-6-15(13)28-9-17(19,20)18(21,22)23;1-26-13-6-9(2-4-11(13)15(24)25-26)12-7-10(18)3-5-14(12)27-8-16(19,20)17(21,22)23;18-17(19,20)9-26-14-4-2-1-3-11(14)10-5-6-12-13(7-10)24(8-15(21)25)23-16(12)22/h1-7H,8-9H2,(H2,24,28)(H2,25,26);3-8H,9H2,1-2H3,(H2,24,25);2-7H,8H2,1H3,(H2,24,25);1-7H,8-9H2,(H2,21,25)(H2,22,23). The second-order valence-corrected chi connectivity index (χ2v) is 23.8. The van der Waals surface area contributed by atoms with Crippen molar-refractivity contribution >= 4 is 78.7 Å². The molecule has 4 aromatic heterocycles. The van der Waals surface area contributed by atoms with Crippen LogP contribution in [0.15, 0.2) is 158 Å². The number of hydrogen-bond acceptors (Lipinski definition) is 15. The minimum absolute atomic E-state index is 0.0228. The summed E-state index contributed by atoms with van der Waals surface area (Å²) in [4.78, 5) is 22.4. The Labute approximate surface area is 607 Å². The third-order valence-corrected chi connectivity index (χ3v) is 15.9. The van der Waals surface area contributed by atoms with Gasteiger partial charge in [0, 0.05) is 57.9 Å². The lowest BCUT2D eigenvalue weighted by Crippen LogP contribution is -2.41. The molecule has 12 aromatic rings. The van der Waals surface area contributed by atoms with E-state index in [9.17, 15) is 93.0 Å². The van der Waals surface area contributed by atoms with Crippen molar-refractivity contribution < 1.29 is 117 Å². The first-order valence-electron chi connectivity index (χ1n) is 31.4. The molecule has 8 aromatic carbocycles. The number of hydrogen-bond donors (Lipinski definition) is 6. The molecule has 0 aliphatic carbocycles. The number of carbonyl (C=O) groups excluding carboxylic acids is 2. The molecule has 110 heavy (non-hydrogen) atoms. The van der Waals surface area contributed by atoms with Crippen LogP contribution >= 0.6 is 0 Å². The smallest absolute Gasteiger partial charge is 0.456 e. The number of rotatable bonds is 20. The second-order valence-electron chi connectivity index (χ2n) is 23.8. The second kappa shape index (κ2) is 31.7. The number of nitrogen functional groups attached to an aromatic ring is 4. The Kier molecular flexibility index (Phi) is 23.5. The maximum absolute atomic E-state index is 13.7. The number of para-hydroxylation sites is 2. The molecule has 0 unspecified atom stereocenters. The minimum Gasteiger partial charge on any atom is -0.497 e. The third kappa shape index (κ3) is 18.9. The zero-order valence-corrected chi connectivity index (χ0v) is 56.8. The average Bonchev–Trinajstić information content (AvgIpc) is 1.64. The summed E-state index contributed by atoms with van der Waals surface area (Å²) in [6, 6.07) is 38.7. The van der Waals surface area contributed by atoms with Crippen molar-refractivity contribution in [1.82, 2.24) is 39.1 Å². The molecular formula is C70H59F19N14O7. The highest BCUT2D eigenvalue weighted by atomic mass is 19.4. The number of methoxy groups -OCH3 is 1. The van der Waals surface area contributed by atoms with Crippen LogP contribution in [-0.2, 0) is 36.8 Å². The van der Waals surface area contributed by atoms with E-state index in [-0.39, 0.29) is 64.7 Å². The predicted octanol–water partition coefficient (Wildman–Crippen LogP) is 15.0. The van der Waals surface area contributed by atoms with Crippen LogP contribution in [0, 0.1) is 5.82 Å². The molecular weight excluding hydrogens is 1510 g/mol. The van der Waals surface area contributed by atoms with Gasteiger partial charge >= 0.3 is 42.5 Å². The number of alkyl halides is 18. The number of primary amides is 2. The van der Waals surface area contributed by atoms with Crippen LogP contribution in [0.4, 0.5) is 107 Å². The summed E-state index contributed by atoms with van der Waals surface area (Å²) >= 11 is 0. The van der Waals surface area contributed by atoms with Gasteiger partial charge in [-0.2, -0.15) is 99.4 Å². The summed E-state index contributed by atoms with van der Waals surface area (Å²) in [7, 11) is 4.70. The van der Waals surface area contributed by atoms with Gasteiger partial charge in [-0.1, -0.05) is 60.7 Å². The molecule has 12 rings (SSSR count). The number of benzene rings is 8. The number of nitrogens with zero attached hydrogens (tertiary/aromatic N) is 8. The summed E-state index contributed by atoms with van der Waals surface area (Å²) in [5.41, 5.74) is 38.8. The zero-order valence-electron chi connectivity index (χ0n) is 56.8. The summed E-state index contributed by atoms with van der Waals surface area (Å²) in [6.07, 6.45) is -21.6. The Bertz CT molecular complexity index is 5340. The van der Waals surface area contributed by atoms with Crippen LogP contribution in [0.25, 0.3) is 88.1 Å². The topological polar surface area (TPSA) is 308 Å². The summed E-state index contributed by atoms with van der Waals surface area (Å²) in [6.45, 7) is -7.41. The summed E-state index contributed by atoms with van der Waals surface area (Å²) in [5.74, 6) is -16.1. The monoisotopic (exact) mass is 1570 g/mol. The molecule has 40 heteroatoms. The van der Waals surface area contributed by atoms with E-state index in [0.29, 0.717) is 88.6 Å². The summed E-state index contributed by atoms with van der Waals surface area (Å²) in [5, 5.41) is 18.6. The molecule has 0 fully saturated rings. The Morgan fingerprint density at radius 2 is 0.682 bits per heavy atom. The molecule has 0 bridgehead atoms. The normalized spacial score (nSPS) is 12.2. The number of aromatic nitrogens is 8. The van der Waals surface area contributed by atoms with E-state index in [0.717, 1.165) is 18.2 Å². The van der Waals surface area contributed by atoms with E-state index >= 15 is 0 Å². The zero-order chi connectivity index (χ0) is 81.0. The molecule has 0 spiro atoms. The van der Waals surface area contributed by atoms with E-state index < -0.39 is 86.5 Å². The van der Waals surface area contributed by atoms with Crippen molar-refractivity contribution in [2.45, 2.75) is 55.6 Å². The molecule has 0 atom stereocenters. The average molecular weight is 1570 g/mol. The molecule has 12 N–H and O–H groups in total. The van der Waals surface area contributed by atoms with E-state index in [1.807, 2.05) is 0 Å². The quantitative estimate of drug-likeness (QED) is 0.0386. The highest BCUT2D eigenvalue weighted by Gasteiger charge is 2.60. The van der Waals surface area contributed by atoms with Crippen LogP contribution < -0.4 is 58.1 Å². The van der Waals surface area contributed by atoms with Gasteiger partial charge < -0.3 is 58.1 Å². The first-order valence-corrected chi connectivity index (χ1v) is 31.4. The number of nitrogens with two attached hydrogens (primary N) is 6. The molecule has 0 aliphatic rings. The van der Waals surface area contributed by atoms with Crippen LogP contribution in [-0.4, -0.2) is 127 Å². The van der Waals surface area contributed by atoms with Gasteiger partial charge in [-0.3, -0.25) is 28.3 Å². The fraction of sp³-hybridized carbons (Fsp3) is 0.229. The summed E-state index contributed by atoms with van der Waals surface area (Å²) < 4.78 is 272. The van der Waals surface area contributed by atoms with Crippen molar-refractivity contribution in [2.24, 2.45) is 25.6 Å². The lowest BCUT2D eigenvalue weighted by atomic mass is 10.0. The third-order valence-electron chi connectivity index (χ3n) is 15.9. The van der Waals surface area contributed by atoms with Gasteiger partial charge in [-0.15, -0.1) is 0 Å². The van der Waals surface area contributed by atoms with E-state index in [1.54, 1.807) is 105 Å². The van der Waals surface area contributed by atoms with Gasteiger partial charge in [0.2, 0.25) is 11.8 Å². The van der Waals surface area contributed by atoms with Gasteiger partial charge in [0.25, 0.3) is 0 Å². The molecule has 4 heterocycles. The highest BCUT2D eigenvalue weighted by Crippen LogP contribution is 2.44. The number of anilines is 4. The molecule has 0 saturated carbocycles. The number of aryl methyl sites for hydroxylation is 2. The highest BCUT2D eigenvalue weighted by molar-refractivity contribution is 5.97. The van der Waals surface area contributed by atoms with Crippen LogP contribution in [0.3, 0.4) is 0 Å². The number of amides is 2. The van der Waals surface area contributed by atoms with E-state index in [2.05, 4.69) is 20.4 Å². The molecule has 2 amide bonds. The van der Waals surface area contributed by atoms with Crippen molar-refractivity contribution in [3.8, 4) is 73.3 Å². The number of fused-ring (bicyclic) bond motifs is 4. The Hall–Kier alpha value is -12.6. The Balaban J connectivity index is 0.000000169. The minimum atomic E-state index is -5.75. The van der Waals surface area contributed by atoms with Gasteiger partial charge in [0.15, 0.2) is 49.7 Å². The predicted molar refractivity (Wildman–Crippen MR) is 366 cm³/mol. The van der Waals surface area contributed by atoms with E-state index in [4.69, 9.17) is 58.1 Å². The van der Waals surface area contributed by atoms with Crippen molar-refractivity contribution in [1.29, 1.82) is 0 Å². The Morgan fingerprint density at radius 3 is 1.04 bits per heavy atom. The first-order chi connectivity index (χ1) is 51.3. The van der Waals surface area contributed by atoms with Gasteiger partial charge in [-0.25, -0.2) is 4.39 Å². The maximum atomic E-state index is 13.7. The fourth-order valence-corrected chi connectivity index (χ4v) is 10.6. The largest absolute Gasteiger partial charge is 0.497 e. The SMILES string of the molecule is COc1ccc(OCC(F)(F)C(F)(F)F)c(-c2ccc3c(N)nn(C)c3c2)c1.Cn1nc(N)c2ccc(-c3cc(F)ccc3OCC(F)(F)C(F)(F)F)cc21.NC(=O)Cn1nc(N)c2ccc(-c3ccccc3OCC(F)(F)C(F)(F)F)cc21.NC(=O)Cn1nc(N)c2ccc(-c3ccccc3OCC(F)(F)F)cc21. The van der Waals surface area contributed by atoms with Crippen molar-refractivity contribution in [3.05, 3.63) is 164 Å². The van der Waals surface area contributed by atoms with Crippen LogP contribution in [0.2, 0.25) is 0 Å². The van der Waals surface area contributed by atoms with E-state index in [1.165, 1.54) is 74.4 Å². The van der Waals surface area contributed by atoms with Gasteiger partial charge in [0.1, 0.15) is 47.7 Å². The van der Waals surface area contributed by atoms with Gasteiger partial charge in [-0.05, 0) is 119 Å². The van der Waals surface area contributed by atoms with Crippen LogP contribution in [0.5, 0.6) is 28.7 Å². The molecule has 0 aliphatic heterocycles. The lowest BCUT2D eigenvalue weighted by molar-refractivity contribution is -0.290. The van der Waals surface area contributed by atoms with Crippen LogP contribution in [0.1, 0.15) is 0 Å². The van der Waals surface area contributed by atoms with Crippen molar-refractivity contribution in [3.63, 3.8) is 0 Å². The van der Waals surface area contributed by atoms with Crippen molar-refractivity contribution in [2.75, 3.05) is 56.5 Å². The van der Waals surface area contributed by atoms with Gasteiger partial charge in [0.05, 0.1) is 29.2 Å². The maximum Gasteiger partial charge on any atom is 0.456 e. The molecule has 21 nitrogen and oxygen atoms in total. The molecule has 584 valence electrons. The number of halogens is 19. The first kappa shape index (κ1) is 81.5. The fourth-order valence-electron chi connectivity index (χ4n) is 10.6.